The fraction of sp³-hybridized carbons (Fsp3) is 0.150. The molecular formula is C20H17F2N5S. The summed E-state index contributed by atoms with van der Waals surface area (Å²) in [7, 11) is 0. The monoisotopic (exact) mass is 397 g/mol. The number of rotatable bonds is 6. The topological polar surface area (TPSA) is 66.5 Å². The molecule has 0 unspecified atom stereocenters. The molecule has 28 heavy (non-hydrogen) atoms. The van der Waals surface area contributed by atoms with Crippen molar-refractivity contribution in [1.82, 2.24) is 19.9 Å². The van der Waals surface area contributed by atoms with Crippen molar-refractivity contribution in [2.45, 2.75) is 17.9 Å². The number of hydrogen-bond acceptors (Lipinski definition) is 5. The van der Waals surface area contributed by atoms with Crippen molar-refractivity contribution in [3.05, 3.63) is 77.5 Å². The smallest absolute Gasteiger partial charge is 0.218 e. The number of nitrogens with zero attached hydrogens (tertiary/aromatic N) is 3. The Labute approximate surface area is 164 Å². The van der Waals surface area contributed by atoms with Gasteiger partial charge >= 0.3 is 0 Å². The molecule has 142 valence electrons. The average Bonchev–Trinajstić information content (AvgIpc) is 3.10. The zero-order valence-electron chi connectivity index (χ0n) is 15.0. The lowest BCUT2D eigenvalue weighted by Gasteiger charge is -2.08. The molecule has 4 aromatic heterocycles. The molecule has 0 radical (unpaired) electrons. The number of nitrogens with one attached hydrogen (secondary N) is 2. The summed E-state index contributed by atoms with van der Waals surface area (Å²) in [6.45, 7) is 0.308. The molecule has 0 aliphatic rings. The Morgan fingerprint density at radius 2 is 2.00 bits per heavy atom. The van der Waals surface area contributed by atoms with E-state index in [0.717, 1.165) is 27.7 Å². The van der Waals surface area contributed by atoms with Gasteiger partial charge in [0.05, 0.1) is 6.20 Å². The van der Waals surface area contributed by atoms with E-state index in [1.807, 2.05) is 24.7 Å². The van der Waals surface area contributed by atoms with Gasteiger partial charge in [-0.15, -0.1) is 11.8 Å². The van der Waals surface area contributed by atoms with Crippen molar-refractivity contribution >= 4 is 28.6 Å². The van der Waals surface area contributed by atoms with Crippen LogP contribution in [0.25, 0.3) is 11.0 Å². The summed E-state index contributed by atoms with van der Waals surface area (Å²) < 4.78 is 27.7. The second kappa shape index (κ2) is 7.93. The number of H-pyrrole nitrogens is 1. The third-order valence-electron chi connectivity index (χ3n) is 4.37. The lowest BCUT2D eigenvalue weighted by molar-refractivity contribution is 0.571. The van der Waals surface area contributed by atoms with E-state index in [-0.39, 0.29) is 0 Å². The Kier molecular flexibility index (Phi) is 5.21. The second-order valence-electron chi connectivity index (χ2n) is 6.27. The largest absolute Gasteiger partial charge is 0.366 e. The van der Waals surface area contributed by atoms with E-state index in [0.29, 0.717) is 29.9 Å². The second-order valence-corrected chi connectivity index (χ2v) is 7.15. The highest BCUT2D eigenvalue weighted by Crippen LogP contribution is 2.25. The van der Waals surface area contributed by atoms with Crippen LogP contribution in [0.3, 0.4) is 0 Å². The summed E-state index contributed by atoms with van der Waals surface area (Å²) in [5.74, 6) is -0.562. The Balaban J connectivity index is 1.50. The van der Waals surface area contributed by atoms with Crippen LogP contribution in [0.5, 0.6) is 0 Å². The maximum atomic E-state index is 14.5. The van der Waals surface area contributed by atoms with E-state index >= 15 is 0 Å². The van der Waals surface area contributed by atoms with Crippen LogP contribution in [0.15, 0.2) is 53.9 Å². The summed E-state index contributed by atoms with van der Waals surface area (Å²) >= 11 is 1.61. The summed E-state index contributed by atoms with van der Waals surface area (Å²) in [4.78, 5) is 16.3. The number of thioether (sulfide) groups is 1. The zero-order chi connectivity index (χ0) is 19.5. The number of anilines is 1. The van der Waals surface area contributed by atoms with Crippen molar-refractivity contribution in [2.75, 3.05) is 11.6 Å². The number of halogens is 2. The van der Waals surface area contributed by atoms with Gasteiger partial charge in [0.25, 0.3) is 0 Å². The molecule has 4 aromatic rings. The quantitative estimate of drug-likeness (QED) is 0.369. The third kappa shape index (κ3) is 3.96. The fourth-order valence-corrected chi connectivity index (χ4v) is 3.33. The van der Waals surface area contributed by atoms with Crippen molar-refractivity contribution < 1.29 is 8.78 Å². The highest BCUT2D eigenvalue weighted by atomic mass is 32.2. The molecule has 0 fully saturated rings. The molecule has 4 rings (SSSR count). The molecule has 8 heteroatoms. The highest BCUT2D eigenvalue weighted by Gasteiger charge is 2.11. The molecule has 0 aromatic carbocycles. The van der Waals surface area contributed by atoms with Crippen LogP contribution >= 0.6 is 11.8 Å². The summed E-state index contributed by atoms with van der Waals surface area (Å²) in [6, 6.07) is 6.84. The van der Waals surface area contributed by atoms with E-state index < -0.39 is 11.8 Å². The molecule has 0 amide bonds. The summed E-state index contributed by atoms with van der Waals surface area (Å²) in [5.41, 5.74) is 2.89. The Morgan fingerprint density at radius 3 is 2.79 bits per heavy atom. The van der Waals surface area contributed by atoms with E-state index in [1.165, 1.54) is 6.07 Å². The minimum atomic E-state index is -0.536. The predicted octanol–water partition coefficient (Wildman–Crippen LogP) is 4.56. The maximum Gasteiger partial charge on any atom is 0.218 e. The molecule has 0 atom stereocenters. The van der Waals surface area contributed by atoms with Crippen LogP contribution in [-0.2, 0) is 13.0 Å². The van der Waals surface area contributed by atoms with Gasteiger partial charge in [-0.05, 0) is 35.6 Å². The normalized spacial score (nSPS) is 11.1. The van der Waals surface area contributed by atoms with Gasteiger partial charge < -0.3 is 10.3 Å². The lowest BCUT2D eigenvalue weighted by Crippen LogP contribution is -2.05. The molecule has 0 saturated carbocycles. The summed E-state index contributed by atoms with van der Waals surface area (Å²) in [6.07, 6.45) is 8.75. The van der Waals surface area contributed by atoms with Gasteiger partial charge in [-0.1, -0.05) is 6.07 Å². The number of pyridine rings is 3. The van der Waals surface area contributed by atoms with Crippen LogP contribution < -0.4 is 5.32 Å². The van der Waals surface area contributed by atoms with Gasteiger partial charge in [0.1, 0.15) is 17.3 Å². The summed E-state index contributed by atoms with van der Waals surface area (Å²) in [5, 5.41) is 3.96. The van der Waals surface area contributed by atoms with Gasteiger partial charge in [0.2, 0.25) is 5.95 Å². The van der Waals surface area contributed by atoms with Gasteiger partial charge in [-0.3, -0.25) is 4.98 Å². The first-order chi connectivity index (χ1) is 13.6. The molecule has 2 N–H and O–H groups in total. The number of aromatic amines is 1. The number of hydrogen-bond donors (Lipinski definition) is 2. The Hall–Kier alpha value is -3.00. The first-order valence-corrected chi connectivity index (χ1v) is 9.83. The molecule has 0 aliphatic carbocycles. The molecule has 4 heterocycles. The van der Waals surface area contributed by atoms with Crippen molar-refractivity contribution in [1.29, 1.82) is 0 Å². The van der Waals surface area contributed by atoms with E-state index in [2.05, 4.69) is 25.3 Å². The van der Waals surface area contributed by atoms with Crippen LogP contribution in [0, 0.1) is 11.8 Å². The molecule has 0 aliphatic heterocycles. The van der Waals surface area contributed by atoms with Gasteiger partial charge in [-0.2, -0.15) is 4.39 Å². The lowest BCUT2D eigenvalue weighted by atomic mass is 10.1. The maximum absolute atomic E-state index is 14.5. The molecule has 0 bridgehead atoms. The number of aromatic nitrogens is 4. The molecular weight excluding hydrogens is 380 g/mol. The van der Waals surface area contributed by atoms with Crippen LogP contribution in [0.1, 0.15) is 16.7 Å². The highest BCUT2D eigenvalue weighted by molar-refractivity contribution is 7.98. The fourth-order valence-electron chi connectivity index (χ4n) is 2.94. The van der Waals surface area contributed by atoms with Gasteiger partial charge in [0.15, 0.2) is 0 Å². The van der Waals surface area contributed by atoms with Crippen LogP contribution in [0.2, 0.25) is 0 Å². The Morgan fingerprint density at radius 1 is 1.11 bits per heavy atom. The standard InChI is InChI=1S/C20H17F2N5S/c1-28-16-6-17-14(9-25-20(17)26-11-16)5-13-2-3-18(27-19(13)22)24-8-12-4-15(21)10-23-7-12/h2-4,6-7,9-11H,5,8H2,1H3,(H,24,27)(H,25,26). The van der Waals surface area contributed by atoms with Crippen molar-refractivity contribution in [2.24, 2.45) is 0 Å². The van der Waals surface area contributed by atoms with Gasteiger partial charge in [0, 0.05) is 47.4 Å². The van der Waals surface area contributed by atoms with Crippen LogP contribution in [0.4, 0.5) is 14.6 Å². The van der Waals surface area contributed by atoms with E-state index in [9.17, 15) is 8.78 Å². The number of fused-ring (bicyclic) bond motifs is 1. The first kappa shape index (κ1) is 18.4. The van der Waals surface area contributed by atoms with E-state index in [1.54, 1.807) is 30.1 Å². The average molecular weight is 397 g/mol. The van der Waals surface area contributed by atoms with Crippen molar-refractivity contribution in [3.63, 3.8) is 0 Å². The molecule has 5 nitrogen and oxygen atoms in total. The van der Waals surface area contributed by atoms with E-state index in [4.69, 9.17) is 0 Å². The minimum absolute atomic E-state index is 0.308. The van der Waals surface area contributed by atoms with Crippen LogP contribution in [-0.4, -0.2) is 26.2 Å². The first-order valence-electron chi connectivity index (χ1n) is 8.61. The predicted molar refractivity (Wildman–Crippen MR) is 106 cm³/mol. The Bertz CT molecular complexity index is 1130. The minimum Gasteiger partial charge on any atom is -0.366 e. The van der Waals surface area contributed by atoms with Gasteiger partial charge in [-0.25, -0.2) is 14.4 Å². The zero-order valence-corrected chi connectivity index (χ0v) is 15.9. The third-order valence-corrected chi connectivity index (χ3v) is 5.06. The van der Waals surface area contributed by atoms with Crippen molar-refractivity contribution in [3.8, 4) is 0 Å². The molecule has 0 saturated heterocycles. The SMILES string of the molecule is CSc1cnc2[nH]cc(Cc3ccc(NCc4cncc(F)c4)nc3F)c2c1. The molecule has 0 spiro atoms.